The number of H-pyrrole nitrogens is 1. The van der Waals surface area contributed by atoms with E-state index in [1.54, 1.807) is 12.0 Å². The second-order valence-electron chi connectivity index (χ2n) is 11.1. The number of nitrogens with one attached hydrogen (secondary N) is 1. The quantitative estimate of drug-likeness (QED) is 0.178. The number of para-hydroxylation sites is 1. The summed E-state index contributed by atoms with van der Waals surface area (Å²) in [5, 5.41) is 1.16. The molecular formula is C37H39N3O3. The van der Waals surface area contributed by atoms with Crippen molar-refractivity contribution in [3.05, 3.63) is 138 Å². The fourth-order valence-electron chi connectivity index (χ4n) is 5.53. The second kappa shape index (κ2) is 13.9. The molecule has 5 rings (SSSR count). The molecule has 0 bridgehead atoms. The molecule has 0 saturated heterocycles. The number of aromatic nitrogens is 1. The third-order valence-electron chi connectivity index (χ3n) is 7.94. The summed E-state index contributed by atoms with van der Waals surface area (Å²) in [5.41, 5.74) is 5.06. The molecule has 43 heavy (non-hydrogen) atoms. The number of rotatable bonds is 12. The van der Waals surface area contributed by atoms with Crippen LogP contribution in [0.3, 0.4) is 0 Å². The van der Waals surface area contributed by atoms with E-state index in [0.29, 0.717) is 19.5 Å². The topological polar surface area (TPSA) is 65.6 Å². The zero-order chi connectivity index (χ0) is 30.2. The van der Waals surface area contributed by atoms with Gasteiger partial charge in [0.15, 0.2) is 0 Å². The molecule has 0 saturated carbocycles. The SMILES string of the molecule is COc1ccc(CN(CCc2c[nH]c3ccccc23)C(=O)CN(C(=O)C(c2ccccc2)c2ccccc2)C(C)C)cc1. The highest BCUT2D eigenvalue weighted by Crippen LogP contribution is 2.28. The molecule has 6 nitrogen and oxygen atoms in total. The van der Waals surface area contributed by atoms with Crippen LogP contribution in [0.1, 0.15) is 42.0 Å². The van der Waals surface area contributed by atoms with Gasteiger partial charge in [-0.3, -0.25) is 9.59 Å². The lowest BCUT2D eigenvalue weighted by atomic mass is 9.89. The summed E-state index contributed by atoms with van der Waals surface area (Å²) in [7, 11) is 1.64. The number of fused-ring (bicyclic) bond motifs is 1. The van der Waals surface area contributed by atoms with Gasteiger partial charge in [0, 0.05) is 36.2 Å². The van der Waals surface area contributed by atoms with E-state index in [9.17, 15) is 9.59 Å². The molecule has 0 fully saturated rings. The summed E-state index contributed by atoms with van der Waals surface area (Å²) in [6.45, 7) is 4.90. The van der Waals surface area contributed by atoms with Crippen molar-refractivity contribution in [2.24, 2.45) is 0 Å². The van der Waals surface area contributed by atoms with Crippen molar-refractivity contribution in [3.8, 4) is 5.75 Å². The third kappa shape index (κ3) is 7.15. The van der Waals surface area contributed by atoms with Gasteiger partial charge in [0.05, 0.1) is 13.0 Å². The normalized spacial score (nSPS) is 11.2. The molecule has 0 spiro atoms. The number of hydrogen-bond donors (Lipinski definition) is 1. The van der Waals surface area contributed by atoms with Crippen LogP contribution in [0.25, 0.3) is 10.9 Å². The van der Waals surface area contributed by atoms with E-state index in [0.717, 1.165) is 38.9 Å². The summed E-state index contributed by atoms with van der Waals surface area (Å²) in [6.07, 6.45) is 2.72. The Kier molecular flexibility index (Phi) is 9.57. The molecule has 2 amide bonds. The van der Waals surface area contributed by atoms with E-state index in [1.807, 2.05) is 122 Å². The van der Waals surface area contributed by atoms with Gasteiger partial charge >= 0.3 is 0 Å². The number of carbonyl (C=O) groups excluding carboxylic acids is 2. The van der Waals surface area contributed by atoms with Gasteiger partial charge in [0.25, 0.3) is 0 Å². The van der Waals surface area contributed by atoms with Gasteiger partial charge < -0.3 is 19.5 Å². The first-order chi connectivity index (χ1) is 20.9. The molecule has 0 aliphatic carbocycles. The minimum Gasteiger partial charge on any atom is -0.497 e. The number of nitrogens with zero attached hydrogens (tertiary/aromatic N) is 2. The summed E-state index contributed by atoms with van der Waals surface area (Å²) in [6, 6.07) is 35.4. The van der Waals surface area contributed by atoms with E-state index in [-0.39, 0.29) is 24.4 Å². The average Bonchev–Trinajstić information content (AvgIpc) is 3.46. The van der Waals surface area contributed by atoms with Crippen LogP contribution in [0.4, 0.5) is 0 Å². The Labute approximate surface area is 253 Å². The maximum absolute atomic E-state index is 14.3. The Bertz CT molecular complexity index is 1590. The minimum absolute atomic E-state index is 0.00327. The molecule has 1 heterocycles. The van der Waals surface area contributed by atoms with Crippen molar-refractivity contribution >= 4 is 22.7 Å². The molecule has 220 valence electrons. The molecular weight excluding hydrogens is 534 g/mol. The van der Waals surface area contributed by atoms with Crippen molar-refractivity contribution in [2.45, 2.75) is 38.8 Å². The number of ether oxygens (including phenoxy) is 1. The van der Waals surface area contributed by atoms with Gasteiger partial charge in [-0.2, -0.15) is 0 Å². The van der Waals surface area contributed by atoms with E-state index >= 15 is 0 Å². The van der Waals surface area contributed by atoms with Crippen LogP contribution in [0.15, 0.2) is 115 Å². The van der Waals surface area contributed by atoms with Gasteiger partial charge in [-0.1, -0.05) is 91.0 Å². The third-order valence-corrected chi connectivity index (χ3v) is 7.94. The van der Waals surface area contributed by atoms with E-state index in [4.69, 9.17) is 4.74 Å². The molecule has 1 N–H and O–H groups in total. The van der Waals surface area contributed by atoms with Gasteiger partial charge in [0.2, 0.25) is 11.8 Å². The molecule has 5 aromatic rings. The molecule has 6 heteroatoms. The highest BCUT2D eigenvalue weighted by Gasteiger charge is 2.31. The fraction of sp³-hybridized carbons (Fsp3) is 0.243. The van der Waals surface area contributed by atoms with Crippen LogP contribution in [0, 0.1) is 0 Å². The van der Waals surface area contributed by atoms with Gasteiger partial charge in [-0.15, -0.1) is 0 Å². The van der Waals surface area contributed by atoms with E-state index < -0.39 is 5.92 Å². The predicted molar refractivity (Wildman–Crippen MR) is 172 cm³/mol. The van der Waals surface area contributed by atoms with Crippen LogP contribution >= 0.6 is 0 Å². The molecule has 1 aromatic heterocycles. The zero-order valence-corrected chi connectivity index (χ0v) is 25.1. The summed E-state index contributed by atoms with van der Waals surface area (Å²) < 4.78 is 5.33. The Morgan fingerprint density at radius 1 is 0.791 bits per heavy atom. The molecule has 0 atom stereocenters. The zero-order valence-electron chi connectivity index (χ0n) is 25.1. The first-order valence-corrected chi connectivity index (χ1v) is 14.8. The van der Waals surface area contributed by atoms with Crippen molar-refractivity contribution in [1.82, 2.24) is 14.8 Å². The summed E-state index contributed by atoms with van der Waals surface area (Å²) in [4.78, 5) is 35.3. The van der Waals surface area contributed by atoms with Crippen LogP contribution in [0.2, 0.25) is 0 Å². The Morgan fingerprint density at radius 2 is 1.40 bits per heavy atom. The summed E-state index contributed by atoms with van der Waals surface area (Å²) in [5.74, 6) is 0.100. The van der Waals surface area contributed by atoms with Gasteiger partial charge in [-0.25, -0.2) is 0 Å². The number of benzene rings is 4. The maximum Gasteiger partial charge on any atom is 0.242 e. The number of aromatic amines is 1. The van der Waals surface area contributed by atoms with Gasteiger partial charge in [0.1, 0.15) is 12.3 Å². The van der Waals surface area contributed by atoms with Crippen molar-refractivity contribution < 1.29 is 14.3 Å². The van der Waals surface area contributed by atoms with Crippen molar-refractivity contribution in [1.29, 1.82) is 0 Å². The first-order valence-electron chi connectivity index (χ1n) is 14.8. The van der Waals surface area contributed by atoms with Crippen LogP contribution in [-0.4, -0.2) is 52.8 Å². The lowest BCUT2D eigenvalue weighted by molar-refractivity contribution is -0.142. The Balaban J connectivity index is 1.41. The Morgan fingerprint density at radius 3 is 2.00 bits per heavy atom. The van der Waals surface area contributed by atoms with E-state index in [2.05, 4.69) is 17.1 Å². The van der Waals surface area contributed by atoms with Crippen molar-refractivity contribution in [2.75, 3.05) is 20.2 Å². The predicted octanol–water partition coefficient (Wildman–Crippen LogP) is 6.82. The van der Waals surface area contributed by atoms with Gasteiger partial charge in [-0.05, 0) is 60.7 Å². The van der Waals surface area contributed by atoms with Crippen LogP contribution in [-0.2, 0) is 22.6 Å². The monoisotopic (exact) mass is 573 g/mol. The molecule has 0 unspecified atom stereocenters. The van der Waals surface area contributed by atoms with E-state index in [1.165, 1.54) is 0 Å². The fourth-order valence-corrected chi connectivity index (χ4v) is 5.53. The number of amides is 2. The van der Waals surface area contributed by atoms with Crippen molar-refractivity contribution in [3.63, 3.8) is 0 Å². The molecule has 0 radical (unpaired) electrons. The highest BCUT2D eigenvalue weighted by molar-refractivity contribution is 5.91. The molecule has 4 aromatic carbocycles. The minimum atomic E-state index is -0.501. The average molecular weight is 574 g/mol. The van der Waals surface area contributed by atoms with Crippen LogP contribution < -0.4 is 4.74 Å². The standard InChI is InChI=1S/C37H39N3O3/c1-27(2)40(37(42)36(29-12-6-4-7-13-29)30-14-8-5-9-15-30)26-35(41)39(25-28-18-20-32(43-3)21-19-28)23-22-31-24-38-34-17-11-10-16-33(31)34/h4-21,24,27,36,38H,22-23,25-26H2,1-3H3. The Hall–Kier alpha value is -4.84. The summed E-state index contributed by atoms with van der Waals surface area (Å²) >= 11 is 0. The maximum atomic E-state index is 14.3. The highest BCUT2D eigenvalue weighted by atomic mass is 16.5. The molecule has 0 aliphatic rings. The lowest BCUT2D eigenvalue weighted by Crippen LogP contribution is -2.47. The first kappa shape index (κ1) is 29.6. The largest absolute Gasteiger partial charge is 0.497 e. The van der Waals surface area contributed by atoms with Crippen LogP contribution in [0.5, 0.6) is 5.75 Å². The molecule has 0 aliphatic heterocycles. The number of hydrogen-bond acceptors (Lipinski definition) is 3. The second-order valence-corrected chi connectivity index (χ2v) is 11.1. The smallest absolute Gasteiger partial charge is 0.242 e. The lowest BCUT2D eigenvalue weighted by Gasteiger charge is -2.33. The number of carbonyl (C=O) groups is 2. The number of methoxy groups -OCH3 is 1.